The molecule has 73 valence electrons. The third-order valence-corrected chi connectivity index (χ3v) is 1.53. The average molecular weight is 193 g/mol. The van der Waals surface area contributed by atoms with Crippen LogP contribution in [0.3, 0.4) is 0 Å². The minimum atomic E-state index is -0.442. The van der Waals surface area contributed by atoms with Crippen LogP contribution >= 0.6 is 0 Å². The van der Waals surface area contributed by atoms with Crippen LogP contribution < -0.4 is 0 Å². The van der Waals surface area contributed by atoms with E-state index in [1.54, 1.807) is 19.1 Å². The lowest BCUT2D eigenvalue weighted by atomic mass is 10.2. The first-order chi connectivity index (χ1) is 6.74. The van der Waals surface area contributed by atoms with E-state index in [4.69, 9.17) is 4.84 Å². The molecule has 0 saturated heterocycles. The summed E-state index contributed by atoms with van der Waals surface area (Å²) in [6.45, 7) is 1.91. The van der Waals surface area contributed by atoms with Gasteiger partial charge in [0, 0.05) is 12.1 Å². The minimum Gasteiger partial charge on any atom is -0.391 e. The average Bonchev–Trinajstić information content (AvgIpc) is 2.19. The van der Waals surface area contributed by atoms with Crippen LogP contribution in [0, 0.1) is 10.1 Å². The van der Waals surface area contributed by atoms with Crippen LogP contribution in [-0.2, 0) is 11.4 Å². The fourth-order valence-corrected chi connectivity index (χ4v) is 0.885. The summed E-state index contributed by atoms with van der Waals surface area (Å²) in [7, 11) is 0. The lowest BCUT2D eigenvalue weighted by Crippen LogP contribution is -1.90. The fourth-order valence-electron chi connectivity index (χ4n) is 0.885. The molecule has 0 N–H and O–H groups in total. The Morgan fingerprint density at radius 1 is 1.50 bits per heavy atom. The maximum Gasteiger partial charge on any atom is 0.269 e. The summed E-state index contributed by atoms with van der Waals surface area (Å²) >= 11 is 0. The summed E-state index contributed by atoms with van der Waals surface area (Å²) in [4.78, 5) is 14.7. The first kappa shape index (κ1) is 10.2. The van der Waals surface area contributed by atoms with Crippen LogP contribution in [0.25, 0.3) is 0 Å². The Labute approximate surface area is 81.1 Å². The molecule has 1 aromatic carbocycles. The first-order valence-electron chi connectivity index (χ1n) is 3.96. The topological polar surface area (TPSA) is 64.7 Å². The third kappa shape index (κ3) is 2.85. The summed E-state index contributed by atoms with van der Waals surface area (Å²) in [6, 6.07) is 6.11. The van der Waals surface area contributed by atoms with Gasteiger partial charge in [0.2, 0.25) is 0 Å². The largest absolute Gasteiger partial charge is 0.391 e. The smallest absolute Gasteiger partial charge is 0.269 e. The van der Waals surface area contributed by atoms with Crippen molar-refractivity contribution in [2.45, 2.75) is 13.5 Å². The van der Waals surface area contributed by atoms with Gasteiger partial charge < -0.3 is 4.84 Å². The Kier molecular flexibility index (Phi) is 3.60. The monoisotopic (exact) mass is 193 g/mol. The van der Waals surface area contributed by atoms with E-state index < -0.39 is 4.92 Å². The van der Waals surface area contributed by atoms with Crippen molar-refractivity contribution >= 4 is 11.9 Å². The molecule has 5 heteroatoms. The standard InChI is InChI=1S/C9H9N2O3/c1-2-10-14-7-8-3-5-9(6-4-8)11(12)13/h3-6H,7H2,1H3. The molecule has 0 amide bonds. The molecule has 0 heterocycles. The predicted octanol–water partition coefficient (Wildman–Crippen LogP) is 1.99. The van der Waals surface area contributed by atoms with E-state index in [1.807, 2.05) is 0 Å². The van der Waals surface area contributed by atoms with Crippen molar-refractivity contribution in [3.63, 3.8) is 0 Å². The SMILES string of the molecule is C/[C]=N\OCc1ccc([N+](=O)[O-])cc1. The first-order valence-corrected chi connectivity index (χ1v) is 3.96. The zero-order valence-corrected chi connectivity index (χ0v) is 7.64. The molecule has 14 heavy (non-hydrogen) atoms. The van der Waals surface area contributed by atoms with Crippen molar-refractivity contribution in [1.82, 2.24) is 0 Å². The zero-order valence-electron chi connectivity index (χ0n) is 7.64. The van der Waals surface area contributed by atoms with Crippen LogP contribution in [0.1, 0.15) is 12.5 Å². The Bertz CT molecular complexity index is 332. The Morgan fingerprint density at radius 2 is 2.14 bits per heavy atom. The lowest BCUT2D eigenvalue weighted by Gasteiger charge is -1.98. The molecule has 0 aliphatic rings. The summed E-state index contributed by atoms with van der Waals surface area (Å²) in [5.74, 6) is 0. The van der Waals surface area contributed by atoms with E-state index in [2.05, 4.69) is 11.4 Å². The second-order valence-electron chi connectivity index (χ2n) is 2.51. The third-order valence-electron chi connectivity index (χ3n) is 1.53. The summed E-state index contributed by atoms with van der Waals surface area (Å²) in [5, 5.41) is 13.8. The molecule has 1 radical (unpaired) electrons. The molecular formula is C9H9N2O3. The summed E-state index contributed by atoms with van der Waals surface area (Å²) < 4.78 is 0. The summed E-state index contributed by atoms with van der Waals surface area (Å²) in [5.41, 5.74) is 0.897. The Hall–Kier alpha value is -1.91. The quantitative estimate of drug-likeness (QED) is 0.417. The molecule has 0 fully saturated rings. The molecule has 0 aromatic heterocycles. The Morgan fingerprint density at radius 3 is 2.64 bits per heavy atom. The molecule has 0 aliphatic heterocycles. The second kappa shape index (κ2) is 4.96. The van der Waals surface area contributed by atoms with Gasteiger partial charge >= 0.3 is 0 Å². The van der Waals surface area contributed by atoms with Crippen LogP contribution in [0.5, 0.6) is 0 Å². The summed E-state index contributed by atoms with van der Waals surface area (Å²) in [6.07, 6.45) is 2.46. The molecule has 1 rings (SSSR count). The number of rotatable bonds is 4. The fraction of sp³-hybridized carbons (Fsp3) is 0.222. The Balaban J connectivity index is 2.59. The van der Waals surface area contributed by atoms with Crippen molar-refractivity contribution in [1.29, 1.82) is 0 Å². The van der Waals surface area contributed by atoms with Crippen molar-refractivity contribution in [2.24, 2.45) is 5.16 Å². The highest BCUT2D eigenvalue weighted by Crippen LogP contribution is 2.12. The van der Waals surface area contributed by atoms with Gasteiger partial charge in [-0.1, -0.05) is 5.16 Å². The van der Waals surface area contributed by atoms with Gasteiger partial charge in [-0.15, -0.1) is 0 Å². The number of hydrogen-bond donors (Lipinski definition) is 0. The minimum absolute atomic E-state index is 0.0688. The van der Waals surface area contributed by atoms with Gasteiger partial charge in [-0.2, -0.15) is 0 Å². The van der Waals surface area contributed by atoms with Gasteiger partial charge in [0.05, 0.1) is 4.92 Å². The number of non-ortho nitro benzene ring substituents is 1. The van der Waals surface area contributed by atoms with E-state index >= 15 is 0 Å². The molecule has 0 bridgehead atoms. The van der Waals surface area contributed by atoms with Gasteiger partial charge in [0.25, 0.3) is 5.69 Å². The van der Waals surface area contributed by atoms with E-state index in [1.165, 1.54) is 12.1 Å². The van der Waals surface area contributed by atoms with E-state index in [0.29, 0.717) is 6.61 Å². The molecule has 0 aliphatic carbocycles. The molecule has 1 aromatic rings. The van der Waals surface area contributed by atoms with Crippen LogP contribution in [0.15, 0.2) is 29.4 Å². The number of benzene rings is 1. The molecule has 0 unspecified atom stereocenters. The van der Waals surface area contributed by atoms with Crippen LogP contribution in [0.2, 0.25) is 0 Å². The van der Waals surface area contributed by atoms with Crippen molar-refractivity contribution in [3.8, 4) is 0 Å². The van der Waals surface area contributed by atoms with Crippen LogP contribution in [-0.4, -0.2) is 11.1 Å². The highest BCUT2D eigenvalue weighted by molar-refractivity contribution is 5.52. The van der Waals surface area contributed by atoms with Gasteiger partial charge in [-0.3, -0.25) is 10.1 Å². The lowest BCUT2D eigenvalue weighted by molar-refractivity contribution is -0.384. The molecular weight excluding hydrogens is 184 g/mol. The molecule has 0 spiro atoms. The predicted molar refractivity (Wildman–Crippen MR) is 51.0 cm³/mol. The van der Waals surface area contributed by atoms with Crippen molar-refractivity contribution in [3.05, 3.63) is 39.9 Å². The van der Waals surface area contributed by atoms with E-state index in [0.717, 1.165) is 5.56 Å². The van der Waals surface area contributed by atoms with Crippen LogP contribution in [0.4, 0.5) is 5.69 Å². The highest BCUT2D eigenvalue weighted by atomic mass is 16.6. The van der Waals surface area contributed by atoms with Gasteiger partial charge in [-0.05, 0) is 24.6 Å². The molecule has 0 atom stereocenters. The number of nitrogens with zero attached hydrogens (tertiary/aromatic N) is 2. The van der Waals surface area contributed by atoms with Crippen molar-refractivity contribution in [2.75, 3.05) is 0 Å². The normalized spacial score (nSPS) is 10.4. The molecule has 5 nitrogen and oxygen atoms in total. The molecule has 0 saturated carbocycles. The van der Waals surface area contributed by atoms with Gasteiger partial charge in [-0.25, -0.2) is 0 Å². The number of nitro benzene ring substituents is 1. The number of hydrogen-bond acceptors (Lipinski definition) is 4. The maximum atomic E-state index is 10.3. The van der Waals surface area contributed by atoms with E-state index in [9.17, 15) is 10.1 Å². The highest BCUT2D eigenvalue weighted by Gasteiger charge is 2.03. The second-order valence-corrected chi connectivity index (χ2v) is 2.51. The van der Waals surface area contributed by atoms with Crippen molar-refractivity contribution < 1.29 is 9.76 Å². The number of nitro groups is 1. The zero-order chi connectivity index (χ0) is 10.4. The van der Waals surface area contributed by atoms with Gasteiger partial charge in [0.1, 0.15) is 12.8 Å². The maximum absolute atomic E-state index is 10.3. The van der Waals surface area contributed by atoms with Gasteiger partial charge in [0.15, 0.2) is 0 Å². The van der Waals surface area contributed by atoms with E-state index in [-0.39, 0.29) is 5.69 Å².